The van der Waals surface area contributed by atoms with Crippen LogP contribution in [0.1, 0.15) is 5.56 Å². The van der Waals surface area contributed by atoms with Crippen LogP contribution in [0.15, 0.2) is 30.3 Å². The van der Waals surface area contributed by atoms with E-state index in [2.05, 4.69) is 5.32 Å². The van der Waals surface area contributed by atoms with Gasteiger partial charge in [-0.3, -0.25) is 9.59 Å². The Balaban J connectivity index is 2.45. The highest BCUT2D eigenvalue weighted by atomic mass is 35.5. The largest absolute Gasteiger partial charge is 0.381 e. The molecule has 0 aliphatic carbocycles. The van der Waals surface area contributed by atoms with Gasteiger partial charge in [0, 0.05) is 11.1 Å². The first-order valence-corrected chi connectivity index (χ1v) is 5.55. The van der Waals surface area contributed by atoms with Crippen LogP contribution in [-0.4, -0.2) is 29.6 Å². The maximum absolute atomic E-state index is 11.3. The van der Waals surface area contributed by atoms with Crippen molar-refractivity contribution in [2.45, 2.75) is 6.10 Å². The van der Waals surface area contributed by atoms with Crippen LogP contribution in [0.3, 0.4) is 0 Å². The van der Waals surface area contributed by atoms with E-state index in [-0.39, 0.29) is 6.54 Å². The molecule has 0 aliphatic rings. The van der Waals surface area contributed by atoms with Gasteiger partial charge in [-0.05, 0) is 23.8 Å². The molecule has 96 valence electrons. The molecule has 1 aromatic carbocycles. The van der Waals surface area contributed by atoms with Crippen molar-refractivity contribution in [1.29, 1.82) is 0 Å². The fraction of sp³-hybridized carbons (Fsp3) is 0.167. The van der Waals surface area contributed by atoms with E-state index in [0.717, 1.165) is 5.56 Å². The molecule has 1 unspecified atom stereocenters. The van der Waals surface area contributed by atoms with Gasteiger partial charge in [-0.2, -0.15) is 0 Å². The second-order valence-corrected chi connectivity index (χ2v) is 3.98. The number of rotatable bonds is 5. The van der Waals surface area contributed by atoms with Crippen LogP contribution in [0.25, 0.3) is 6.08 Å². The van der Waals surface area contributed by atoms with Crippen molar-refractivity contribution in [3.63, 3.8) is 0 Å². The number of nitrogens with one attached hydrogen (secondary N) is 1. The third-order valence-corrected chi connectivity index (χ3v) is 2.35. The van der Waals surface area contributed by atoms with E-state index in [1.807, 2.05) is 0 Å². The maximum Gasteiger partial charge on any atom is 0.248 e. The molecule has 6 heteroatoms. The standard InChI is InChI=1S/C12H13ClN2O3/c13-9-4-1-8(2-5-9)3-6-11(17)15-7-10(16)12(14)18/h1-6,10,16H,7H2,(H2,14,18)(H,15,17)/b6-3+. The number of hydrogen-bond donors (Lipinski definition) is 3. The monoisotopic (exact) mass is 268 g/mol. The summed E-state index contributed by atoms with van der Waals surface area (Å²) in [6.45, 7) is -0.209. The van der Waals surface area contributed by atoms with Gasteiger partial charge in [-0.15, -0.1) is 0 Å². The van der Waals surface area contributed by atoms with Gasteiger partial charge in [-0.25, -0.2) is 0 Å². The summed E-state index contributed by atoms with van der Waals surface area (Å²) in [5.74, 6) is -1.30. The number of aliphatic hydroxyl groups is 1. The highest BCUT2D eigenvalue weighted by Gasteiger charge is 2.10. The van der Waals surface area contributed by atoms with Gasteiger partial charge in [0.05, 0.1) is 6.54 Å². The molecule has 1 atom stereocenters. The van der Waals surface area contributed by atoms with Crippen LogP contribution in [0.2, 0.25) is 5.02 Å². The second kappa shape index (κ2) is 6.78. The molecule has 0 radical (unpaired) electrons. The Hall–Kier alpha value is -1.85. The fourth-order valence-corrected chi connectivity index (χ4v) is 1.23. The van der Waals surface area contributed by atoms with Crippen molar-refractivity contribution in [2.75, 3.05) is 6.54 Å². The Labute approximate surface area is 109 Å². The predicted molar refractivity (Wildman–Crippen MR) is 68.7 cm³/mol. The maximum atomic E-state index is 11.3. The first-order chi connectivity index (χ1) is 8.49. The number of amides is 2. The molecule has 1 aromatic rings. The topological polar surface area (TPSA) is 92.4 Å². The van der Waals surface area contributed by atoms with E-state index in [9.17, 15) is 9.59 Å². The molecular weight excluding hydrogens is 256 g/mol. The lowest BCUT2D eigenvalue weighted by molar-refractivity contribution is -0.126. The molecule has 0 saturated carbocycles. The Kier molecular flexibility index (Phi) is 5.35. The van der Waals surface area contributed by atoms with Gasteiger partial charge >= 0.3 is 0 Å². The minimum absolute atomic E-state index is 0.209. The van der Waals surface area contributed by atoms with Gasteiger partial charge in [-0.1, -0.05) is 23.7 Å². The summed E-state index contributed by atoms with van der Waals surface area (Å²) < 4.78 is 0. The average molecular weight is 269 g/mol. The zero-order chi connectivity index (χ0) is 13.5. The molecule has 0 fully saturated rings. The van der Waals surface area contributed by atoms with Gasteiger partial charge in [0.15, 0.2) is 0 Å². The number of primary amides is 1. The van der Waals surface area contributed by atoms with Crippen molar-refractivity contribution < 1.29 is 14.7 Å². The summed E-state index contributed by atoms with van der Waals surface area (Å²) in [7, 11) is 0. The minimum atomic E-state index is -1.38. The van der Waals surface area contributed by atoms with Crippen LogP contribution in [0, 0.1) is 0 Å². The Bertz CT molecular complexity index is 457. The number of carbonyl (C=O) groups is 2. The quantitative estimate of drug-likeness (QED) is 0.671. The molecule has 5 nitrogen and oxygen atoms in total. The number of hydrogen-bond acceptors (Lipinski definition) is 3. The van der Waals surface area contributed by atoms with E-state index in [1.165, 1.54) is 6.08 Å². The predicted octanol–water partition coefficient (Wildman–Crippen LogP) is 0.316. The third kappa shape index (κ3) is 4.99. The van der Waals surface area contributed by atoms with Crippen molar-refractivity contribution >= 4 is 29.5 Å². The normalized spacial score (nSPS) is 12.3. The summed E-state index contributed by atoms with van der Waals surface area (Å²) in [6.07, 6.45) is 1.50. The minimum Gasteiger partial charge on any atom is -0.381 e. The summed E-state index contributed by atoms with van der Waals surface area (Å²) in [4.78, 5) is 21.8. The van der Waals surface area contributed by atoms with Gasteiger partial charge in [0.1, 0.15) is 6.10 Å². The lowest BCUT2D eigenvalue weighted by Crippen LogP contribution is -2.39. The molecule has 0 aromatic heterocycles. The molecule has 0 bridgehead atoms. The van der Waals surface area contributed by atoms with Gasteiger partial charge in [0.2, 0.25) is 11.8 Å². The number of aliphatic hydroxyl groups excluding tert-OH is 1. The molecule has 0 saturated heterocycles. The number of nitrogens with two attached hydrogens (primary N) is 1. The number of carbonyl (C=O) groups excluding carboxylic acids is 2. The zero-order valence-corrected chi connectivity index (χ0v) is 10.2. The molecule has 2 amide bonds. The van der Waals surface area contributed by atoms with Crippen LogP contribution in [-0.2, 0) is 9.59 Å². The van der Waals surface area contributed by atoms with Crippen molar-refractivity contribution in [1.82, 2.24) is 5.32 Å². The molecule has 1 rings (SSSR count). The van der Waals surface area contributed by atoms with Crippen LogP contribution in [0.5, 0.6) is 0 Å². The summed E-state index contributed by atoms with van der Waals surface area (Å²) >= 11 is 5.71. The molecule has 0 heterocycles. The fourth-order valence-electron chi connectivity index (χ4n) is 1.10. The van der Waals surface area contributed by atoms with Crippen molar-refractivity contribution in [3.8, 4) is 0 Å². The molecule has 0 aliphatic heterocycles. The molecule has 4 N–H and O–H groups in total. The first-order valence-electron chi connectivity index (χ1n) is 5.18. The number of benzene rings is 1. The van der Waals surface area contributed by atoms with Crippen molar-refractivity contribution in [2.24, 2.45) is 5.73 Å². The lowest BCUT2D eigenvalue weighted by atomic mass is 10.2. The van der Waals surface area contributed by atoms with Gasteiger partial charge < -0.3 is 16.2 Å². The van der Waals surface area contributed by atoms with E-state index < -0.39 is 17.9 Å². The summed E-state index contributed by atoms with van der Waals surface area (Å²) in [5, 5.41) is 12.0. The van der Waals surface area contributed by atoms with E-state index >= 15 is 0 Å². The smallest absolute Gasteiger partial charge is 0.248 e. The third-order valence-electron chi connectivity index (χ3n) is 2.10. The van der Waals surface area contributed by atoms with E-state index in [0.29, 0.717) is 5.02 Å². The second-order valence-electron chi connectivity index (χ2n) is 3.55. The van der Waals surface area contributed by atoms with Crippen molar-refractivity contribution in [3.05, 3.63) is 40.9 Å². The molecule has 18 heavy (non-hydrogen) atoms. The highest BCUT2D eigenvalue weighted by molar-refractivity contribution is 6.30. The van der Waals surface area contributed by atoms with E-state index in [4.69, 9.17) is 22.4 Å². The Morgan fingerprint density at radius 3 is 2.56 bits per heavy atom. The number of halogens is 1. The molecule has 0 spiro atoms. The SMILES string of the molecule is NC(=O)C(O)CNC(=O)/C=C/c1ccc(Cl)cc1. The highest BCUT2D eigenvalue weighted by Crippen LogP contribution is 2.10. The molecular formula is C12H13ClN2O3. The lowest BCUT2D eigenvalue weighted by Gasteiger charge is -2.05. The van der Waals surface area contributed by atoms with Gasteiger partial charge in [0.25, 0.3) is 0 Å². The van der Waals surface area contributed by atoms with Crippen LogP contribution < -0.4 is 11.1 Å². The zero-order valence-electron chi connectivity index (χ0n) is 9.47. The van der Waals surface area contributed by atoms with Crippen LogP contribution >= 0.6 is 11.6 Å². The summed E-state index contributed by atoms with van der Waals surface area (Å²) in [6, 6.07) is 6.92. The average Bonchev–Trinajstić information content (AvgIpc) is 2.35. The first kappa shape index (κ1) is 14.2. The van der Waals surface area contributed by atoms with E-state index in [1.54, 1.807) is 30.3 Å². The Morgan fingerprint density at radius 1 is 1.39 bits per heavy atom. The Morgan fingerprint density at radius 2 is 2.00 bits per heavy atom. The van der Waals surface area contributed by atoms with Crippen LogP contribution in [0.4, 0.5) is 0 Å². The summed E-state index contributed by atoms with van der Waals surface area (Å²) in [5.41, 5.74) is 5.64.